The van der Waals surface area contributed by atoms with Gasteiger partial charge in [-0.3, -0.25) is 4.90 Å². The third-order valence-electron chi connectivity index (χ3n) is 3.85. The van der Waals surface area contributed by atoms with Gasteiger partial charge in [-0.1, -0.05) is 6.92 Å². The maximum absolute atomic E-state index is 3.57. The molecule has 0 saturated carbocycles. The molecule has 0 radical (unpaired) electrons. The molecule has 1 aliphatic rings. The molecular formula is C15H32N2. The Hall–Kier alpha value is -0.0800. The predicted octanol–water partition coefficient (Wildman–Crippen LogP) is 3.27. The number of rotatable bonds is 5. The van der Waals surface area contributed by atoms with Crippen molar-refractivity contribution >= 4 is 0 Å². The largest absolute Gasteiger partial charge is 0.312 e. The van der Waals surface area contributed by atoms with Crippen LogP contribution in [0.4, 0.5) is 0 Å². The quantitative estimate of drug-likeness (QED) is 0.742. The number of likely N-dealkylation sites (tertiary alicyclic amines) is 1. The van der Waals surface area contributed by atoms with Crippen molar-refractivity contribution in [2.75, 3.05) is 13.1 Å². The average Bonchev–Trinajstić information content (AvgIpc) is 2.51. The Morgan fingerprint density at radius 1 is 1.29 bits per heavy atom. The van der Waals surface area contributed by atoms with Crippen LogP contribution in [-0.4, -0.2) is 35.6 Å². The Bertz CT molecular complexity index is 219. The van der Waals surface area contributed by atoms with Crippen LogP contribution in [0.15, 0.2) is 0 Å². The summed E-state index contributed by atoms with van der Waals surface area (Å²) >= 11 is 0. The second-order valence-electron chi connectivity index (χ2n) is 7.05. The van der Waals surface area contributed by atoms with Crippen molar-refractivity contribution in [3.63, 3.8) is 0 Å². The maximum atomic E-state index is 3.57. The number of nitrogens with zero attached hydrogens (tertiary/aromatic N) is 1. The average molecular weight is 240 g/mol. The van der Waals surface area contributed by atoms with Gasteiger partial charge in [-0.05, 0) is 66.3 Å². The number of hydrogen-bond acceptors (Lipinski definition) is 2. The van der Waals surface area contributed by atoms with Crippen LogP contribution in [0.1, 0.15) is 60.8 Å². The van der Waals surface area contributed by atoms with Crippen molar-refractivity contribution in [2.24, 2.45) is 5.92 Å². The van der Waals surface area contributed by atoms with Crippen molar-refractivity contribution < 1.29 is 0 Å². The van der Waals surface area contributed by atoms with E-state index in [2.05, 4.69) is 51.8 Å². The van der Waals surface area contributed by atoms with Crippen LogP contribution < -0.4 is 5.32 Å². The van der Waals surface area contributed by atoms with Gasteiger partial charge in [0.25, 0.3) is 0 Å². The minimum absolute atomic E-state index is 0.263. The van der Waals surface area contributed by atoms with Crippen LogP contribution in [0.25, 0.3) is 0 Å². The molecule has 3 atom stereocenters. The summed E-state index contributed by atoms with van der Waals surface area (Å²) in [5.74, 6) is 0.889. The van der Waals surface area contributed by atoms with Gasteiger partial charge in [-0.2, -0.15) is 0 Å². The van der Waals surface area contributed by atoms with Gasteiger partial charge in [0, 0.05) is 24.2 Å². The lowest BCUT2D eigenvalue weighted by Crippen LogP contribution is -2.38. The van der Waals surface area contributed by atoms with E-state index in [1.807, 2.05) is 0 Å². The third kappa shape index (κ3) is 5.39. The summed E-state index contributed by atoms with van der Waals surface area (Å²) < 4.78 is 0. The Balaban J connectivity index is 2.19. The number of hydrogen-bond donors (Lipinski definition) is 1. The van der Waals surface area contributed by atoms with Gasteiger partial charge in [0.05, 0.1) is 0 Å². The summed E-state index contributed by atoms with van der Waals surface area (Å²) in [6.45, 7) is 16.3. The summed E-state index contributed by atoms with van der Waals surface area (Å²) in [6, 6.07) is 1.53. The normalized spacial score (nSPS) is 28.6. The van der Waals surface area contributed by atoms with E-state index in [0.29, 0.717) is 0 Å². The van der Waals surface area contributed by atoms with Crippen LogP contribution >= 0.6 is 0 Å². The van der Waals surface area contributed by atoms with E-state index in [9.17, 15) is 0 Å². The molecule has 1 saturated heterocycles. The smallest absolute Gasteiger partial charge is 0.00965 e. The van der Waals surface area contributed by atoms with E-state index in [1.54, 1.807) is 0 Å². The topological polar surface area (TPSA) is 15.3 Å². The van der Waals surface area contributed by atoms with Crippen LogP contribution in [0.3, 0.4) is 0 Å². The highest BCUT2D eigenvalue weighted by atomic mass is 15.2. The minimum atomic E-state index is 0.263. The Labute approximate surface area is 108 Å². The fourth-order valence-corrected chi connectivity index (χ4v) is 2.97. The molecule has 0 aromatic rings. The molecule has 0 aromatic carbocycles. The van der Waals surface area contributed by atoms with Crippen LogP contribution in [0, 0.1) is 5.92 Å². The van der Waals surface area contributed by atoms with Crippen molar-refractivity contribution in [2.45, 2.75) is 78.4 Å². The van der Waals surface area contributed by atoms with Crippen LogP contribution in [0.2, 0.25) is 0 Å². The highest BCUT2D eigenvalue weighted by molar-refractivity contribution is 4.84. The summed E-state index contributed by atoms with van der Waals surface area (Å²) in [5, 5.41) is 3.57. The molecule has 3 unspecified atom stereocenters. The molecule has 17 heavy (non-hydrogen) atoms. The molecular weight excluding hydrogens is 208 g/mol. The van der Waals surface area contributed by atoms with E-state index in [-0.39, 0.29) is 5.54 Å². The third-order valence-corrected chi connectivity index (χ3v) is 3.85. The van der Waals surface area contributed by atoms with Crippen LogP contribution in [-0.2, 0) is 0 Å². The fraction of sp³-hybridized carbons (Fsp3) is 1.00. The molecule has 0 amide bonds. The zero-order chi connectivity index (χ0) is 13.1. The van der Waals surface area contributed by atoms with E-state index < -0.39 is 0 Å². The first kappa shape index (κ1) is 15.0. The van der Waals surface area contributed by atoms with Crippen molar-refractivity contribution in [1.82, 2.24) is 10.2 Å². The zero-order valence-corrected chi connectivity index (χ0v) is 12.7. The van der Waals surface area contributed by atoms with Gasteiger partial charge in [-0.25, -0.2) is 0 Å². The molecule has 1 heterocycles. The monoisotopic (exact) mass is 240 g/mol. The molecule has 0 aliphatic carbocycles. The van der Waals surface area contributed by atoms with Crippen molar-refractivity contribution in [3.8, 4) is 0 Å². The Kier molecular flexibility index (Phi) is 5.46. The maximum Gasteiger partial charge on any atom is 0.00965 e. The second-order valence-corrected chi connectivity index (χ2v) is 7.05. The molecule has 0 spiro atoms. The van der Waals surface area contributed by atoms with Gasteiger partial charge in [-0.15, -0.1) is 0 Å². The second kappa shape index (κ2) is 6.19. The first-order valence-electron chi connectivity index (χ1n) is 7.30. The SMILES string of the molecule is CC1CC(C)N(C(C)CCCNC(C)(C)C)C1. The van der Waals surface area contributed by atoms with E-state index in [1.165, 1.54) is 25.8 Å². The summed E-state index contributed by atoms with van der Waals surface area (Å²) in [4.78, 5) is 2.70. The standard InChI is InChI=1S/C15H32N2/c1-12-10-14(3)17(11-12)13(2)8-7-9-16-15(4,5)6/h12-14,16H,7-11H2,1-6H3. The summed E-state index contributed by atoms with van der Waals surface area (Å²) in [5.41, 5.74) is 0.263. The summed E-state index contributed by atoms with van der Waals surface area (Å²) in [6.07, 6.45) is 3.99. The molecule has 0 aromatic heterocycles. The minimum Gasteiger partial charge on any atom is -0.312 e. The fourth-order valence-electron chi connectivity index (χ4n) is 2.97. The highest BCUT2D eigenvalue weighted by Crippen LogP contribution is 2.25. The number of nitrogens with one attached hydrogen (secondary N) is 1. The Morgan fingerprint density at radius 2 is 1.94 bits per heavy atom. The first-order chi connectivity index (χ1) is 7.79. The predicted molar refractivity (Wildman–Crippen MR) is 76.4 cm³/mol. The summed E-state index contributed by atoms with van der Waals surface area (Å²) in [7, 11) is 0. The van der Waals surface area contributed by atoms with Gasteiger partial charge < -0.3 is 5.32 Å². The lowest BCUT2D eigenvalue weighted by Gasteiger charge is -2.29. The molecule has 0 bridgehead atoms. The molecule has 1 N–H and O–H groups in total. The van der Waals surface area contributed by atoms with Gasteiger partial charge in [0.2, 0.25) is 0 Å². The molecule has 102 valence electrons. The molecule has 1 rings (SSSR count). The van der Waals surface area contributed by atoms with Gasteiger partial charge >= 0.3 is 0 Å². The Morgan fingerprint density at radius 3 is 2.41 bits per heavy atom. The van der Waals surface area contributed by atoms with E-state index in [0.717, 1.165) is 24.5 Å². The van der Waals surface area contributed by atoms with Gasteiger partial charge in [0.15, 0.2) is 0 Å². The van der Waals surface area contributed by atoms with Crippen LogP contribution in [0.5, 0.6) is 0 Å². The van der Waals surface area contributed by atoms with Crippen molar-refractivity contribution in [3.05, 3.63) is 0 Å². The highest BCUT2D eigenvalue weighted by Gasteiger charge is 2.29. The molecule has 1 aliphatic heterocycles. The van der Waals surface area contributed by atoms with E-state index >= 15 is 0 Å². The lowest BCUT2D eigenvalue weighted by molar-refractivity contribution is 0.187. The van der Waals surface area contributed by atoms with Crippen molar-refractivity contribution in [1.29, 1.82) is 0 Å². The molecule has 2 heteroatoms. The molecule has 1 fully saturated rings. The molecule has 2 nitrogen and oxygen atoms in total. The first-order valence-corrected chi connectivity index (χ1v) is 7.30. The van der Waals surface area contributed by atoms with Gasteiger partial charge in [0.1, 0.15) is 0 Å². The zero-order valence-electron chi connectivity index (χ0n) is 12.7. The van der Waals surface area contributed by atoms with E-state index in [4.69, 9.17) is 0 Å². The lowest BCUT2D eigenvalue weighted by atomic mass is 10.1.